The van der Waals surface area contributed by atoms with Gasteiger partial charge in [-0.05, 0) is 46.1 Å². The van der Waals surface area contributed by atoms with Gasteiger partial charge in [-0.2, -0.15) is 4.98 Å². The number of hydrogen-bond donors (Lipinski definition) is 2. The van der Waals surface area contributed by atoms with Gasteiger partial charge in [0.15, 0.2) is 0 Å². The summed E-state index contributed by atoms with van der Waals surface area (Å²) in [6, 6.07) is 9.65. The van der Waals surface area contributed by atoms with Crippen LogP contribution in [0.4, 0.5) is 17.5 Å². The van der Waals surface area contributed by atoms with Crippen molar-refractivity contribution < 1.29 is 4.74 Å². The van der Waals surface area contributed by atoms with E-state index in [1.165, 1.54) is 0 Å². The zero-order valence-electron chi connectivity index (χ0n) is 14.3. The summed E-state index contributed by atoms with van der Waals surface area (Å²) < 4.78 is 5.23. The van der Waals surface area contributed by atoms with Crippen LogP contribution in [-0.4, -0.2) is 49.2 Å². The SMILES string of the molecule is COc1cccc(Nc2nc(C)cc(NCCCN(C)C)n2)c1. The molecule has 0 saturated carbocycles. The lowest BCUT2D eigenvalue weighted by Crippen LogP contribution is -2.16. The maximum Gasteiger partial charge on any atom is 0.229 e. The predicted octanol–water partition coefficient (Wildman–Crippen LogP) is 2.90. The lowest BCUT2D eigenvalue weighted by atomic mass is 10.3. The number of ether oxygens (including phenoxy) is 1. The Kier molecular flexibility index (Phi) is 6.17. The van der Waals surface area contributed by atoms with Crippen molar-refractivity contribution in [3.63, 3.8) is 0 Å². The van der Waals surface area contributed by atoms with E-state index in [0.29, 0.717) is 5.95 Å². The Balaban J connectivity index is 2.01. The van der Waals surface area contributed by atoms with Gasteiger partial charge >= 0.3 is 0 Å². The predicted molar refractivity (Wildman–Crippen MR) is 94.7 cm³/mol. The van der Waals surface area contributed by atoms with E-state index in [9.17, 15) is 0 Å². The van der Waals surface area contributed by atoms with E-state index in [0.717, 1.165) is 42.5 Å². The fourth-order valence-electron chi connectivity index (χ4n) is 2.16. The Labute approximate surface area is 137 Å². The number of anilines is 3. The molecule has 0 aliphatic heterocycles. The van der Waals surface area contributed by atoms with Crippen LogP contribution in [0.25, 0.3) is 0 Å². The van der Waals surface area contributed by atoms with Gasteiger partial charge < -0.3 is 20.3 Å². The van der Waals surface area contributed by atoms with Crippen LogP contribution in [0.15, 0.2) is 30.3 Å². The first-order chi connectivity index (χ1) is 11.1. The number of aromatic nitrogens is 2. The third kappa shape index (κ3) is 5.75. The van der Waals surface area contributed by atoms with Crippen molar-refractivity contribution in [2.75, 3.05) is 44.9 Å². The zero-order valence-corrected chi connectivity index (χ0v) is 14.3. The van der Waals surface area contributed by atoms with Crippen LogP contribution in [0.2, 0.25) is 0 Å². The summed E-state index contributed by atoms with van der Waals surface area (Å²) in [7, 11) is 5.80. The first kappa shape index (κ1) is 17.0. The Morgan fingerprint density at radius 1 is 1.17 bits per heavy atom. The summed E-state index contributed by atoms with van der Waals surface area (Å²) in [4.78, 5) is 11.1. The molecule has 0 saturated heterocycles. The lowest BCUT2D eigenvalue weighted by molar-refractivity contribution is 0.405. The third-order valence-corrected chi connectivity index (χ3v) is 3.27. The van der Waals surface area contributed by atoms with Gasteiger partial charge in [-0.1, -0.05) is 6.07 Å². The van der Waals surface area contributed by atoms with Crippen LogP contribution in [0.3, 0.4) is 0 Å². The fourth-order valence-corrected chi connectivity index (χ4v) is 2.16. The molecule has 2 N–H and O–H groups in total. The highest BCUT2D eigenvalue weighted by Gasteiger charge is 2.04. The molecule has 23 heavy (non-hydrogen) atoms. The first-order valence-corrected chi connectivity index (χ1v) is 7.72. The molecule has 124 valence electrons. The van der Waals surface area contributed by atoms with Gasteiger partial charge in [-0.15, -0.1) is 0 Å². The summed E-state index contributed by atoms with van der Waals surface area (Å²) in [6.07, 6.45) is 1.06. The molecule has 2 rings (SSSR count). The average molecular weight is 315 g/mol. The number of aryl methyl sites for hydroxylation is 1. The first-order valence-electron chi connectivity index (χ1n) is 7.72. The second kappa shape index (κ2) is 8.33. The fraction of sp³-hybridized carbons (Fsp3) is 0.412. The molecular formula is C17H25N5O. The van der Waals surface area contributed by atoms with Crippen molar-refractivity contribution in [3.05, 3.63) is 36.0 Å². The van der Waals surface area contributed by atoms with Crippen LogP contribution in [0.1, 0.15) is 12.1 Å². The molecule has 0 spiro atoms. The van der Waals surface area contributed by atoms with E-state index in [1.807, 2.05) is 37.3 Å². The van der Waals surface area contributed by atoms with E-state index >= 15 is 0 Å². The number of benzene rings is 1. The molecule has 0 aliphatic carbocycles. The van der Waals surface area contributed by atoms with Gasteiger partial charge in [0.2, 0.25) is 5.95 Å². The molecule has 0 aliphatic rings. The van der Waals surface area contributed by atoms with Gasteiger partial charge in [0.05, 0.1) is 7.11 Å². The summed E-state index contributed by atoms with van der Waals surface area (Å²) in [5, 5.41) is 6.57. The highest BCUT2D eigenvalue weighted by atomic mass is 16.5. The average Bonchev–Trinajstić information content (AvgIpc) is 2.51. The van der Waals surface area contributed by atoms with E-state index in [4.69, 9.17) is 4.74 Å². The van der Waals surface area contributed by atoms with E-state index in [-0.39, 0.29) is 0 Å². The molecular weight excluding hydrogens is 290 g/mol. The molecule has 0 bridgehead atoms. The Morgan fingerprint density at radius 2 is 2.00 bits per heavy atom. The molecule has 1 aromatic heterocycles. The van der Waals surface area contributed by atoms with Gasteiger partial charge in [-0.25, -0.2) is 4.98 Å². The molecule has 0 radical (unpaired) electrons. The van der Waals surface area contributed by atoms with Crippen molar-refractivity contribution >= 4 is 17.5 Å². The smallest absolute Gasteiger partial charge is 0.229 e. The van der Waals surface area contributed by atoms with Gasteiger partial charge in [-0.3, -0.25) is 0 Å². The van der Waals surface area contributed by atoms with Crippen molar-refractivity contribution in [1.82, 2.24) is 14.9 Å². The van der Waals surface area contributed by atoms with Gasteiger partial charge in [0, 0.05) is 30.1 Å². The zero-order chi connectivity index (χ0) is 16.7. The number of rotatable bonds is 8. The minimum absolute atomic E-state index is 0.577. The van der Waals surface area contributed by atoms with Crippen LogP contribution in [0.5, 0.6) is 5.75 Å². The van der Waals surface area contributed by atoms with Gasteiger partial charge in [0.25, 0.3) is 0 Å². The largest absolute Gasteiger partial charge is 0.497 e. The molecule has 0 unspecified atom stereocenters. The molecule has 2 aromatic rings. The molecule has 0 amide bonds. The highest BCUT2D eigenvalue weighted by Crippen LogP contribution is 2.20. The molecule has 1 aromatic carbocycles. The van der Waals surface area contributed by atoms with Crippen LogP contribution >= 0.6 is 0 Å². The highest BCUT2D eigenvalue weighted by molar-refractivity contribution is 5.57. The van der Waals surface area contributed by atoms with Crippen molar-refractivity contribution in [2.45, 2.75) is 13.3 Å². The van der Waals surface area contributed by atoms with Crippen LogP contribution in [-0.2, 0) is 0 Å². The topological polar surface area (TPSA) is 62.3 Å². The standard InChI is InChI=1S/C17H25N5O/c1-13-11-16(18-9-6-10-22(2)3)21-17(19-13)20-14-7-5-8-15(12-14)23-4/h5,7-8,11-12H,6,9-10H2,1-4H3,(H2,18,19,20,21). The van der Waals surface area contributed by atoms with Gasteiger partial charge in [0.1, 0.15) is 11.6 Å². The van der Waals surface area contributed by atoms with E-state index < -0.39 is 0 Å². The Morgan fingerprint density at radius 3 is 2.74 bits per heavy atom. The minimum Gasteiger partial charge on any atom is -0.497 e. The number of hydrogen-bond acceptors (Lipinski definition) is 6. The normalized spacial score (nSPS) is 10.7. The monoisotopic (exact) mass is 315 g/mol. The van der Waals surface area contributed by atoms with Crippen molar-refractivity contribution in [1.29, 1.82) is 0 Å². The minimum atomic E-state index is 0.577. The lowest BCUT2D eigenvalue weighted by Gasteiger charge is -2.12. The molecule has 6 heteroatoms. The van der Waals surface area contributed by atoms with Crippen LogP contribution in [0, 0.1) is 6.92 Å². The number of nitrogens with one attached hydrogen (secondary N) is 2. The third-order valence-electron chi connectivity index (χ3n) is 3.27. The van der Waals surface area contributed by atoms with Crippen molar-refractivity contribution in [2.24, 2.45) is 0 Å². The number of methoxy groups -OCH3 is 1. The Hall–Kier alpha value is -2.34. The Bertz CT molecular complexity index is 630. The summed E-state index contributed by atoms with van der Waals surface area (Å²) in [6.45, 7) is 3.89. The molecule has 1 heterocycles. The van der Waals surface area contributed by atoms with E-state index in [2.05, 4.69) is 39.6 Å². The summed E-state index contributed by atoms with van der Waals surface area (Å²) >= 11 is 0. The van der Waals surface area contributed by atoms with E-state index in [1.54, 1.807) is 7.11 Å². The second-order valence-electron chi connectivity index (χ2n) is 5.66. The second-order valence-corrected chi connectivity index (χ2v) is 5.66. The quantitative estimate of drug-likeness (QED) is 0.730. The molecule has 6 nitrogen and oxygen atoms in total. The summed E-state index contributed by atoms with van der Waals surface area (Å²) in [5.74, 6) is 2.21. The van der Waals surface area contributed by atoms with Crippen molar-refractivity contribution in [3.8, 4) is 5.75 Å². The number of nitrogens with zero attached hydrogens (tertiary/aromatic N) is 3. The maximum absolute atomic E-state index is 5.23. The molecule has 0 fully saturated rings. The molecule has 0 atom stereocenters. The van der Waals surface area contributed by atoms with Crippen LogP contribution < -0.4 is 15.4 Å². The maximum atomic E-state index is 5.23. The summed E-state index contributed by atoms with van der Waals surface area (Å²) in [5.41, 5.74) is 1.81.